The third-order valence-electron chi connectivity index (χ3n) is 6.65. The molecule has 2 aliphatic rings. The van der Waals surface area contributed by atoms with E-state index in [1.165, 1.54) is 12.1 Å². The number of fused-ring (bicyclic) bond motifs is 1. The van der Waals surface area contributed by atoms with Crippen LogP contribution < -0.4 is 0 Å². The second-order valence-corrected chi connectivity index (χ2v) is 9.51. The number of aromatic nitrogens is 2. The smallest absolute Gasteiger partial charge is 0.388 e. The summed E-state index contributed by atoms with van der Waals surface area (Å²) in [6, 6.07) is 10.7. The first-order valence-corrected chi connectivity index (χ1v) is 10.6. The van der Waals surface area contributed by atoms with E-state index in [0.29, 0.717) is 28.7 Å². The lowest BCUT2D eigenvalue weighted by Gasteiger charge is -2.39. The number of alkyl halides is 3. The Morgan fingerprint density at radius 1 is 1.00 bits per heavy atom. The molecule has 2 heterocycles. The van der Waals surface area contributed by atoms with Gasteiger partial charge in [-0.25, -0.2) is 4.98 Å². The Balaban J connectivity index is 0.00000245. The molecule has 3 aromatic rings. The number of H-pyrrole nitrogens is 1. The molecule has 0 atom stereocenters. The van der Waals surface area contributed by atoms with Crippen LogP contribution in [-0.4, -0.2) is 21.3 Å². The molecule has 170 valence electrons. The summed E-state index contributed by atoms with van der Waals surface area (Å²) < 4.78 is 40.3. The van der Waals surface area contributed by atoms with Crippen LogP contribution in [0.4, 0.5) is 13.2 Å². The molecule has 5 rings (SSSR count). The number of hydrogen-bond donors (Lipinski definition) is 1. The van der Waals surface area contributed by atoms with Gasteiger partial charge in [-0.05, 0) is 60.4 Å². The van der Waals surface area contributed by atoms with Crippen LogP contribution in [0.15, 0.2) is 47.6 Å². The van der Waals surface area contributed by atoms with Crippen molar-refractivity contribution in [1.29, 1.82) is 0 Å². The highest BCUT2D eigenvalue weighted by molar-refractivity contribution is 6.01. The maximum Gasteiger partial charge on any atom is 0.417 e. The van der Waals surface area contributed by atoms with Crippen LogP contribution in [0.2, 0.25) is 0 Å². The van der Waals surface area contributed by atoms with Gasteiger partial charge in [0.2, 0.25) is 0 Å². The molecule has 1 aromatic heterocycles. The van der Waals surface area contributed by atoms with E-state index in [-0.39, 0.29) is 23.6 Å². The summed E-state index contributed by atoms with van der Waals surface area (Å²) in [5.41, 5.74) is 2.20. The summed E-state index contributed by atoms with van der Waals surface area (Å²) >= 11 is 0. The van der Waals surface area contributed by atoms with Gasteiger partial charge >= 0.3 is 6.18 Å². The number of hydrogen-bond acceptors (Lipinski definition) is 3. The van der Waals surface area contributed by atoms with Gasteiger partial charge in [0.25, 0.3) is 0 Å². The van der Waals surface area contributed by atoms with Crippen LogP contribution >= 0.6 is 12.4 Å². The molecule has 0 radical (unpaired) electrons. The summed E-state index contributed by atoms with van der Waals surface area (Å²) in [6.07, 6.45) is 0.404. The number of oxime groups is 1. The molecule has 2 aromatic carbocycles. The van der Waals surface area contributed by atoms with Crippen molar-refractivity contribution in [2.45, 2.75) is 57.7 Å². The molecule has 0 saturated heterocycles. The summed E-state index contributed by atoms with van der Waals surface area (Å²) in [5, 5.41) is 4.33. The lowest BCUT2D eigenvalue weighted by atomic mass is 9.69. The van der Waals surface area contributed by atoms with Crippen molar-refractivity contribution in [1.82, 2.24) is 9.97 Å². The first kappa shape index (κ1) is 22.6. The highest BCUT2D eigenvalue weighted by Gasteiger charge is 2.45. The summed E-state index contributed by atoms with van der Waals surface area (Å²) in [7, 11) is 0. The Bertz CT molecular complexity index is 1170. The Hall–Kier alpha value is -2.54. The Morgan fingerprint density at radius 3 is 2.44 bits per heavy atom. The van der Waals surface area contributed by atoms with E-state index in [1.54, 1.807) is 24.3 Å². The maximum absolute atomic E-state index is 13.4. The minimum absolute atomic E-state index is 0. The van der Waals surface area contributed by atoms with Gasteiger partial charge in [-0.15, -0.1) is 12.4 Å². The fourth-order valence-electron chi connectivity index (χ4n) is 4.59. The molecule has 1 aliphatic carbocycles. The molecule has 0 bridgehead atoms. The van der Waals surface area contributed by atoms with Gasteiger partial charge in [0.05, 0.1) is 16.6 Å². The van der Waals surface area contributed by atoms with Gasteiger partial charge in [-0.1, -0.05) is 43.3 Å². The number of rotatable bonds is 2. The number of imidazole rings is 1. The molecule has 1 spiro atoms. The third kappa shape index (κ3) is 4.10. The number of nitrogens with zero attached hydrogens (tertiary/aromatic N) is 2. The second kappa shape index (κ2) is 7.80. The van der Waals surface area contributed by atoms with Crippen molar-refractivity contribution in [2.75, 3.05) is 0 Å². The van der Waals surface area contributed by atoms with E-state index in [0.717, 1.165) is 43.0 Å². The highest BCUT2D eigenvalue weighted by Crippen LogP contribution is 2.46. The molecule has 1 fully saturated rings. The van der Waals surface area contributed by atoms with Gasteiger partial charge in [0.15, 0.2) is 5.82 Å². The summed E-state index contributed by atoms with van der Waals surface area (Å²) in [6.45, 7) is 4.56. The van der Waals surface area contributed by atoms with E-state index < -0.39 is 11.7 Å². The van der Waals surface area contributed by atoms with Crippen molar-refractivity contribution < 1.29 is 18.0 Å². The zero-order chi connectivity index (χ0) is 21.9. The Morgan fingerprint density at radius 2 is 1.72 bits per heavy atom. The van der Waals surface area contributed by atoms with E-state index >= 15 is 0 Å². The van der Waals surface area contributed by atoms with Crippen molar-refractivity contribution in [3.63, 3.8) is 0 Å². The molecule has 8 heteroatoms. The predicted octanol–water partition coefficient (Wildman–Crippen LogP) is 7.13. The average molecular weight is 464 g/mol. The fourth-order valence-corrected chi connectivity index (χ4v) is 4.59. The molecule has 0 amide bonds. The van der Waals surface area contributed by atoms with Gasteiger partial charge in [-0.3, -0.25) is 0 Å². The molecule has 1 aliphatic heterocycles. The molecule has 1 N–H and O–H groups in total. The van der Waals surface area contributed by atoms with Gasteiger partial charge in [0.1, 0.15) is 11.3 Å². The summed E-state index contributed by atoms with van der Waals surface area (Å²) in [5.74, 6) is 0.623. The van der Waals surface area contributed by atoms with Gasteiger partial charge in [0, 0.05) is 6.42 Å². The fraction of sp³-hybridized carbons (Fsp3) is 0.417. The van der Waals surface area contributed by atoms with E-state index in [9.17, 15) is 13.2 Å². The largest absolute Gasteiger partial charge is 0.417 e. The standard InChI is InChI=1S/C24H24F3N3O.ClH/c1-22(2)9-11-23(12-10-22)14-20(30-31-23)21-28-18-8-7-15(13-19(18)29-21)16-5-3-4-6-17(16)24(25,26)27;/h3-8,13H,9-12,14H2,1-2H3,(H,28,29);1H. The summed E-state index contributed by atoms with van der Waals surface area (Å²) in [4.78, 5) is 13.8. The van der Waals surface area contributed by atoms with Crippen molar-refractivity contribution in [2.24, 2.45) is 10.6 Å². The second-order valence-electron chi connectivity index (χ2n) is 9.51. The normalized spacial score (nSPS) is 19.5. The number of halogens is 4. The van der Waals surface area contributed by atoms with Crippen LogP contribution in [0, 0.1) is 5.41 Å². The minimum atomic E-state index is -4.42. The first-order valence-electron chi connectivity index (χ1n) is 10.6. The van der Waals surface area contributed by atoms with Crippen molar-refractivity contribution in [3.05, 3.63) is 53.9 Å². The third-order valence-corrected chi connectivity index (χ3v) is 6.65. The topological polar surface area (TPSA) is 50.3 Å². The molecule has 32 heavy (non-hydrogen) atoms. The van der Waals surface area contributed by atoms with E-state index in [1.807, 2.05) is 0 Å². The number of benzene rings is 2. The quantitative estimate of drug-likeness (QED) is 0.439. The lowest BCUT2D eigenvalue weighted by molar-refractivity contribution is -0.137. The molecule has 4 nitrogen and oxygen atoms in total. The number of aromatic amines is 1. The SMILES string of the molecule is CC1(C)CCC2(CC1)CC(c1nc3cc(-c4ccccc4C(F)(F)F)ccc3[nH]1)=NO2.Cl. The average Bonchev–Trinajstić information content (AvgIpc) is 3.34. The van der Waals surface area contributed by atoms with Crippen LogP contribution in [-0.2, 0) is 11.0 Å². The lowest BCUT2D eigenvalue weighted by Crippen LogP contribution is -2.37. The zero-order valence-corrected chi connectivity index (χ0v) is 18.7. The first-order chi connectivity index (χ1) is 14.6. The van der Waals surface area contributed by atoms with Crippen LogP contribution in [0.1, 0.15) is 57.3 Å². The van der Waals surface area contributed by atoms with Crippen molar-refractivity contribution >= 4 is 29.2 Å². The predicted molar refractivity (Wildman–Crippen MR) is 121 cm³/mol. The molecule has 1 saturated carbocycles. The molecule has 0 unspecified atom stereocenters. The van der Waals surface area contributed by atoms with E-state index in [4.69, 9.17) is 4.84 Å². The van der Waals surface area contributed by atoms with Gasteiger partial charge < -0.3 is 9.82 Å². The van der Waals surface area contributed by atoms with E-state index in [2.05, 4.69) is 29.0 Å². The van der Waals surface area contributed by atoms with Crippen LogP contribution in [0.5, 0.6) is 0 Å². The molecular weight excluding hydrogens is 439 g/mol. The minimum Gasteiger partial charge on any atom is -0.388 e. The zero-order valence-electron chi connectivity index (χ0n) is 17.9. The van der Waals surface area contributed by atoms with Crippen molar-refractivity contribution in [3.8, 4) is 11.1 Å². The number of nitrogens with one attached hydrogen (secondary N) is 1. The van der Waals surface area contributed by atoms with Crippen LogP contribution in [0.3, 0.4) is 0 Å². The Labute approximate surface area is 190 Å². The Kier molecular flexibility index (Phi) is 5.52. The monoisotopic (exact) mass is 463 g/mol. The highest BCUT2D eigenvalue weighted by atomic mass is 35.5. The van der Waals surface area contributed by atoms with Crippen LogP contribution in [0.25, 0.3) is 22.2 Å². The van der Waals surface area contributed by atoms with Gasteiger partial charge in [-0.2, -0.15) is 13.2 Å². The molecular formula is C24H25ClF3N3O. The maximum atomic E-state index is 13.4.